The molecule has 1 saturated heterocycles. The molecule has 0 unspecified atom stereocenters. The van der Waals surface area contributed by atoms with E-state index in [0.717, 1.165) is 26.1 Å². The Morgan fingerprint density at radius 1 is 1.11 bits per heavy atom. The number of nitrogens with zero attached hydrogens (tertiary/aromatic N) is 1. The predicted octanol–water partition coefficient (Wildman–Crippen LogP) is 2.79. The van der Waals surface area contributed by atoms with Crippen LogP contribution in [0.2, 0.25) is 0 Å². The third kappa shape index (κ3) is 2.66. The number of rotatable bonds is 2. The lowest BCUT2D eigenvalue weighted by molar-refractivity contribution is 0.328. The minimum atomic E-state index is 0. The first kappa shape index (κ1) is 13.3. The van der Waals surface area contributed by atoms with Gasteiger partial charge in [-0.1, -0.05) is 42.5 Å². The van der Waals surface area contributed by atoms with E-state index in [2.05, 4.69) is 47.4 Å². The molecule has 0 amide bonds. The highest BCUT2D eigenvalue weighted by atomic mass is 35.5. The minimum Gasteiger partial charge on any atom is -0.326 e. The van der Waals surface area contributed by atoms with Gasteiger partial charge in [0.15, 0.2) is 0 Å². The van der Waals surface area contributed by atoms with E-state index in [1.54, 1.807) is 0 Å². The number of hydrogen-bond acceptors (Lipinski definition) is 2. The normalized spacial score (nSPS) is 19.9. The van der Waals surface area contributed by atoms with Gasteiger partial charge in [0.25, 0.3) is 0 Å². The average Bonchev–Trinajstić information content (AvgIpc) is 2.75. The second-order valence-corrected chi connectivity index (χ2v) is 4.92. The molecule has 18 heavy (non-hydrogen) atoms. The van der Waals surface area contributed by atoms with Gasteiger partial charge in [0.2, 0.25) is 0 Å². The van der Waals surface area contributed by atoms with Crippen LogP contribution in [0.3, 0.4) is 0 Å². The van der Waals surface area contributed by atoms with Gasteiger partial charge < -0.3 is 5.73 Å². The van der Waals surface area contributed by atoms with Crippen molar-refractivity contribution >= 4 is 23.2 Å². The highest BCUT2D eigenvalue weighted by Crippen LogP contribution is 2.21. The molecule has 2 aromatic rings. The van der Waals surface area contributed by atoms with Crippen molar-refractivity contribution in [3.8, 4) is 0 Å². The Kier molecular flexibility index (Phi) is 4.23. The van der Waals surface area contributed by atoms with Gasteiger partial charge in [0, 0.05) is 25.7 Å². The summed E-state index contributed by atoms with van der Waals surface area (Å²) >= 11 is 0. The monoisotopic (exact) mass is 262 g/mol. The molecule has 2 aromatic carbocycles. The van der Waals surface area contributed by atoms with Crippen molar-refractivity contribution in [2.45, 2.75) is 19.0 Å². The maximum Gasteiger partial charge on any atom is 0.0240 e. The standard InChI is InChI=1S/C15H18N2.ClH/c16-14-8-9-17(11-14)10-13-6-3-5-12-4-1-2-7-15(12)13;/h1-7,14H,8-11,16H2;1H/t14-;/m1./s1. The summed E-state index contributed by atoms with van der Waals surface area (Å²) in [7, 11) is 0. The molecule has 0 spiro atoms. The van der Waals surface area contributed by atoms with E-state index in [-0.39, 0.29) is 12.4 Å². The molecule has 0 aliphatic carbocycles. The molecule has 96 valence electrons. The average molecular weight is 263 g/mol. The van der Waals surface area contributed by atoms with Crippen LogP contribution in [0.5, 0.6) is 0 Å². The fourth-order valence-electron chi connectivity index (χ4n) is 2.68. The lowest BCUT2D eigenvalue weighted by atomic mass is 10.0. The molecule has 1 aliphatic heterocycles. The Hall–Kier alpha value is -1.09. The number of nitrogens with two attached hydrogens (primary N) is 1. The lowest BCUT2D eigenvalue weighted by Crippen LogP contribution is -2.26. The van der Waals surface area contributed by atoms with Crippen LogP contribution >= 0.6 is 12.4 Å². The van der Waals surface area contributed by atoms with Crippen LogP contribution in [0.1, 0.15) is 12.0 Å². The van der Waals surface area contributed by atoms with E-state index in [0.29, 0.717) is 6.04 Å². The fraction of sp³-hybridized carbons (Fsp3) is 0.333. The Morgan fingerprint density at radius 2 is 1.89 bits per heavy atom. The molecule has 0 saturated carbocycles. The first-order chi connectivity index (χ1) is 8.33. The molecule has 0 aromatic heterocycles. The summed E-state index contributed by atoms with van der Waals surface area (Å²) in [5, 5.41) is 2.70. The SMILES string of the molecule is Cl.N[C@@H]1CCN(Cc2cccc3ccccc23)C1. The molecular weight excluding hydrogens is 244 g/mol. The molecule has 1 aliphatic rings. The molecule has 2 N–H and O–H groups in total. The Labute approximate surface area is 114 Å². The maximum absolute atomic E-state index is 5.95. The topological polar surface area (TPSA) is 29.3 Å². The Balaban J connectivity index is 0.00000120. The zero-order chi connectivity index (χ0) is 11.7. The van der Waals surface area contributed by atoms with Crippen molar-refractivity contribution in [3.05, 3.63) is 48.0 Å². The van der Waals surface area contributed by atoms with Gasteiger partial charge in [-0.25, -0.2) is 0 Å². The van der Waals surface area contributed by atoms with Crippen molar-refractivity contribution in [2.75, 3.05) is 13.1 Å². The number of likely N-dealkylation sites (tertiary alicyclic amines) is 1. The van der Waals surface area contributed by atoms with E-state index in [1.165, 1.54) is 16.3 Å². The summed E-state index contributed by atoms with van der Waals surface area (Å²) < 4.78 is 0. The van der Waals surface area contributed by atoms with Crippen LogP contribution in [0.15, 0.2) is 42.5 Å². The third-order valence-electron chi connectivity index (χ3n) is 3.58. The van der Waals surface area contributed by atoms with E-state index in [9.17, 15) is 0 Å². The van der Waals surface area contributed by atoms with E-state index in [1.807, 2.05) is 0 Å². The van der Waals surface area contributed by atoms with Crippen molar-refractivity contribution in [3.63, 3.8) is 0 Å². The van der Waals surface area contributed by atoms with Gasteiger partial charge in [-0.15, -0.1) is 12.4 Å². The Bertz CT molecular complexity index is 521. The Morgan fingerprint density at radius 3 is 2.67 bits per heavy atom. The predicted molar refractivity (Wildman–Crippen MR) is 79.1 cm³/mol. The van der Waals surface area contributed by atoms with Gasteiger partial charge in [0.05, 0.1) is 0 Å². The molecule has 1 heterocycles. The highest BCUT2D eigenvalue weighted by Gasteiger charge is 2.19. The smallest absolute Gasteiger partial charge is 0.0240 e. The summed E-state index contributed by atoms with van der Waals surface area (Å²) in [5.74, 6) is 0. The molecule has 3 rings (SSSR count). The van der Waals surface area contributed by atoms with E-state index in [4.69, 9.17) is 5.73 Å². The lowest BCUT2D eigenvalue weighted by Gasteiger charge is -2.16. The first-order valence-electron chi connectivity index (χ1n) is 6.27. The molecule has 3 heteroatoms. The van der Waals surface area contributed by atoms with Crippen LogP contribution in [0.4, 0.5) is 0 Å². The molecule has 0 bridgehead atoms. The number of fused-ring (bicyclic) bond motifs is 1. The van der Waals surface area contributed by atoms with Gasteiger partial charge in [-0.3, -0.25) is 4.90 Å². The third-order valence-corrected chi connectivity index (χ3v) is 3.58. The zero-order valence-corrected chi connectivity index (χ0v) is 11.2. The van der Waals surface area contributed by atoms with Crippen LogP contribution in [0.25, 0.3) is 10.8 Å². The van der Waals surface area contributed by atoms with Crippen LogP contribution in [-0.2, 0) is 6.54 Å². The van der Waals surface area contributed by atoms with Crippen molar-refractivity contribution in [2.24, 2.45) is 5.73 Å². The van der Waals surface area contributed by atoms with Gasteiger partial charge in [0.1, 0.15) is 0 Å². The van der Waals surface area contributed by atoms with Crippen LogP contribution < -0.4 is 5.73 Å². The van der Waals surface area contributed by atoms with Gasteiger partial charge >= 0.3 is 0 Å². The second kappa shape index (κ2) is 5.70. The first-order valence-corrected chi connectivity index (χ1v) is 6.27. The van der Waals surface area contributed by atoms with Crippen LogP contribution in [0, 0.1) is 0 Å². The molecule has 2 nitrogen and oxygen atoms in total. The molecule has 1 fully saturated rings. The van der Waals surface area contributed by atoms with Crippen molar-refractivity contribution in [1.29, 1.82) is 0 Å². The summed E-state index contributed by atoms with van der Waals surface area (Å²) in [6, 6.07) is 15.5. The highest BCUT2D eigenvalue weighted by molar-refractivity contribution is 5.85. The molecular formula is C15H19ClN2. The quantitative estimate of drug-likeness (QED) is 0.902. The maximum atomic E-state index is 5.95. The van der Waals surface area contributed by atoms with Gasteiger partial charge in [-0.2, -0.15) is 0 Å². The number of hydrogen-bond donors (Lipinski definition) is 1. The molecule has 1 atom stereocenters. The number of halogens is 1. The summed E-state index contributed by atoms with van der Waals surface area (Å²) in [5.41, 5.74) is 7.36. The van der Waals surface area contributed by atoms with E-state index >= 15 is 0 Å². The van der Waals surface area contributed by atoms with Crippen molar-refractivity contribution in [1.82, 2.24) is 4.90 Å². The van der Waals surface area contributed by atoms with Crippen LogP contribution in [-0.4, -0.2) is 24.0 Å². The second-order valence-electron chi connectivity index (χ2n) is 4.92. The summed E-state index contributed by atoms with van der Waals surface area (Å²) in [6.45, 7) is 3.18. The number of benzene rings is 2. The largest absolute Gasteiger partial charge is 0.326 e. The van der Waals surface area contributed by atoms with E-state index < -0.39 is 0 Å². The van der Waals surface area contributed by atoms with Crippen molar-refractivity contribution < 1.29 is 0 Å². The summed E-state index contributed by atoms with van der Waals surface area (Å²) in [4.78, 5) is 2.45. The fourth-order valence-corrected chi connectivity index (χ4v) is 2.68. The molecule has 0 radical (unpaired) electrons. The van der Waals surface area contributed by atoms with Gasteiger partial charge in [-0.05, 0) is 22.8 Å². The summed E-state index contributed by atoms with van der Waals surface area (Å²) in [6.07, 6.45) is 1.13. The zero-order valence-electron chi connectivity index (χ0n) is 10.4. The minimum absolute atomic E-state index is 0.